The molecular weight excluding hydrogens is 418 g/mol. The Bertz CT molecular complexity index is 1200. The van der Waals surface area contributed by atoms with Gasteiger partial charge < -0.3 is 0 Å². The summed E-state index contributed by atoms with van der Waals surface area (Å²) in [5.74, 6) is 1.96. The lowest BCUT2D eigenvalue weighted by Gasteiger charge is -2.47. The van der Waals surface area contributed by atoms with Crippen LogP contribution in [0.25, 0.3) is 27.1 Å². The minimum absolute atomic E-state index is 0.599. The maximum atomic E-state index is 3.55. The smallest absolute Gasteiger partial charge is 0.129 e. The second kappa shape index (κ2) is 8.21. The zero-order valence-corrected chi connectivity index (χ0v) is 21.0. The van der Waals surface area contributed by atoms with Gasteiger partial charge in [0, 0.05) is 20.0 Å². The summed E-state index contributed by atoms with van der Waals surface area (Å²) < 4.78 is 2.74. The van der Waals surface area contributed by atoms with E-state index in [0.29, 0.717) is 11.8 Å². The fraction of sp³-hybridized carbons (Fsp3) is 0.379. The van der Waals surface area contributed by atoms with Crippen LogP contribution in [0.3, 0.4) is 0 Å². The summed E-state index contributed by atoms with van der Waals surface area (Å²) in [6, 6.07) is 20.3. The highest BCUT2D eigenvalue weighted by atomic mass is 28.3. The number of fused-ring (bicyclic) bond motifs is 3. The van der Waals surface area contributed by atoms with Gasteiger partial charge in [0.05, 0.1) is 0 Å². The van der Waals surface area contributed by atoms with Crippen molar-refractivity contribution in [1.29, 1.82) is 0 Å². The van der Waals surface area contributed by atoms with Crippen molar-refractivity contribution in [2.45, 2.75) is 32.0 Å². The molecule has 0 bridgehead atoms. The summed E-state index contributed by atoms with van der Waals surface area (Å²) >= 11 is 0. The lowest BCUT2D eigenvalue weighted by molar-refractivity contribution is 0.280. The lowest BCUT2D eigenvalue weighted by atomic mass is 9.78. The second-order valence-electron chi connectivity index (χ2n) is 10.8. The topological polar surface area (TPSA) is 27.3 Å². The van der Waals surface area contributed by atoms with E-state index >= 15 is 0 Å². The van der Waals surface area contributed by atoms with Gasteiger partial charge in [0.25, 0.3) is 0 Å². The van der Waals surface area contributed by atoms with E-state index in [2.05, 4.69) is 108 Å². The average molecular weight is 454 g/mol. The average Bonchev–Trinajstić information content (AvgIpc) is 3.20. The summed E-state index contributed by atoms with van der Waals surface area (Å²) in [5.41, 5.74) is 3.78. The van der Waals surface area contributed by atoms with Crippen LogP contribution in [0, 0.1) is 17.8 Å². The zero-order valence-electron chi connectivity index (χ0n) is 20.0. The first-order chi connectivity index (χ1) is 16.1. The van der Waals surface area contributed by atoms with E-state index in [-0.39, 0.29) is 0 Å². The van der Waals surface area contributed by atoms with Crippen LogP contribution in [0.2, 0.25) is 18.6 Å². The highest BCUT2D eigenvalue weighted by molar-refractivity contribution is 6.76. The number of rotatable bonds is 3. The van der Waals surface area contributed by atoms with Crippen molar-refractivity contribution in [3.63, 3.8) is 0 Å². The van der Waals surface area contributed by atoms with E-state index < -0.39 is 8.24 Å². The molecule has 4 atom stereocenters. The fourth-order valence-electron chi connectivity index (χ4n) is 7.24. The first-order valence-electron chi connectivity index (χ1n) is 12.5. The normalized spacial score (nSPS) is 28.3. The summed E-state index contributed by atoms with van der Waals surface area (Å²) in [7, 11) is -1.65. The quantitative estimate of drug-likeness (QED) is 0.367. The number of nitrogens with zero attached hydrogens (tertiary/aromatic N) is 1. The van der Waals surface area contributed by atoms with Gasteiger partial charge in [-0.15, -0.1) is 0 Å². The summed E-state index contributed by atoms with van der Waals surface area (Å²) in [4.78, 5) is 0. The molecule has 33 heavy (non-hydrogen) atoms. The van der Waals surface area contributed by atoms with Crippen LogP contribution in [0.1, 0.15) is 18.9 Å². The highest BCUT2D eigenvalue weighted by Gasteiger charge is 2.52. The molecule has 1 aliphatic heterocycles. The molecule has 1 saturated heterocycles. The molecule has 1 saturated carbocycles. The molecule has 0 amide bonds. The summed E-state index contributed by atoms with van der Waals surface area (Å²) in [5, 5.41) is 12.6. The van der Waals surface area contributed by atoms with Crippen LogP contribution >= 0.6 is 0 Å². The van der Waals surface area contributed by atoms with E-state index in [1.807, 2.05) is 0 Å². The number of hydrogen-bond acceptors (Lipinski definition) is 3. The van der Waals surface area contributed by atoms with Crippen molar-refractivity contribution in [2.24, 2.45) is 17.8 Å². The Morgan fingerprint density at radius 2 is 1.55 bits per heavy atom. The predicted molar refractivity (Wildman–Crippen MR) is 143 cm³/mol. The molecule has 3 aromatic carbocycles. The Balaban J connectivity index is 1.46. The molecule has 2 aliphatic carbocycles. The minimum Gasteiger partial charge on any atom is -0.299 e. The van der Waals surface area contributed by atoms with Crippen LogP contribution in [0.15, 0.2) is 72.8 Å². The lowest BCUT2D eigenvalue weighted by Crippen LogP contribution is -2.63. The van der Waals surface area contributed by atoms with Crippen LogP contribution < -0.4 is 10.6 Å². The Kier molecular flexibility index (Phi) is 5.30. The monoisotopic (exact) mass is 453 g/mol. The third-order valence-corrected chi connectivity index (χ3v) is 13.2. The number of nitrogens with one attached hydrogen (secondary N) is 2. The molecule has 2 fully saturated rings. The van der Waals surface area contributed by atoms with Crippen LogP contribution in [0.4, 0.5) is 0 Å². The van der Waals surface area contributed by atoms with Crippen molar-refractivity contribution in [3.05, 3.63) is 78.4 Å². The van der Waals surface area contributed by atoms with Gasteiger partial charge in [-0.2, -0.15) is 0 Å². The van der Waals surface area contributed by atoms with Gasteiger partial charge in [-0.25, -0.2) is 0 Å². The van der Waals surface area contributed by atoms with Crippen molar-refractivity contribution in [1.82, 2.24) is 15.2 Å². The molecule has 0 aromatic heterocycles. The van der Waals surface area contributed by atoms with Crippen LogP contribution in [-0.2, 0) is 0 Å². The molecule has 0 radical (unpaired) electrons. The fourth-order valence-corrected chi connectivity index (χ4v) is 11.5. The summed E-state index contributed by atoms with van der Waals surface area (Å²) in [6.45, 7) is 10.7. The molecule has 3 nitrogen and oxygen atoms in total. The van der Waals surface area contributed by atoms with E-state index in [1.54, 1.807) is 5.57 Å². The molecule has 0 spiro atoms. The van der Waals surface area contributed by atoms with Gasteiger partial charge in [-0.1, -0.05) is 86.8 Å². The molecule has 4 heteroatoms. The first kappa shape index (κ1) is 21.3. The van der Waals surface area contributed by atoms with E-state index in [0.717, 1.165) is 31.5 Å². The maximum absolute atomic E-state index is 3.55. The molecule has 6 rings (SSSR count). The van der Waals surface area contributed by atoms with E-state index in [4.69, 9.17) is 0 Å². The SMILES string of the molecule is CC1CC2C(c3c4ccccc4cc4ccccc34)=CC=CC2C1[Si](C)(C)N1CNCNC1. The molecule has 170 valence electrons. The van der Waals surface area contributed by atoms with Gasteiger partial charge in [0.1, 0.15) is 8.24 Å². The predicted octanol–water partition coefficient (Wildman–Crippen LogP) is 6.16. The maximum Gasteiger partial charge on any atom is 0.129 e. The van der Waals surface area contributed by atoms with Crippen molar-refractivity contribution in [2.75, 3.05) is 20.0 Å². The molecule has 3 aromatic rings. The van der Waals surface area contributed by atoms with Crippen molar-refractivity contribution in [3.8, 4) is 0 Å². The van der Waals surface area contributed by atoms with E-state index in [9.17, 15) is 0 Å². The Labute approximate surface area is 198 Å². The Morgan fingerprint density at radius 3 is 2.21 bits per heavy atom. The van der Waals surface area contributed by atoms with Crippen LogP contribution in [-0.4, -0.2) is 32.8 Å². The van der Waals surface area contributed by atoms with Gasteiger partial charge in [-0.3, -0.25) is 15.2 Å². The molecule has 4 unspecified atom stereocenters. The standard InChI is InChI=1S/C29H35N3Si/c1-20-15-27-25(13-8-14-26(27)29(20)33(2,3)32-18-30-17-31-19-32)28-23-11-6-4-9-21(23)16-22-10-5-7-12-24(22)28/h4-14,16,20,26-27,29-31H,15,17-19H2,1-3H3. The molecule has 2 N–H and O–H groups in total. The molecular formula is C29H35N3Si. The zero-order chi connectivity index (χ0) is 22.6. The number of benzene rings is 3. The second-order valence-corrected chi connectivity index (χ2v) is 15.4. The van der Waals surface area contributed by atoms with Crippen LogP contribution in [0.5, 0.6) is 0 Å². The van der Waals surface area contributed by atoms with Gasteiger partial charge in [0.2, 0.25) is 0 Å². The molecule has 3 aliphatic rings. The molecule has 1 heterocycles. The largest absolute Gasteiger partial charge is 0.299 e. The van der Waals surface area contributed by atoms with Gasteiger partial charge in [0.15, 0.2) is 0 Å². The van der Waals surface area contributed by atoms with Gasteiger partial charge in [-0.05, 0) is 68.5 Å². The Hall–Kier alpha value is -2.24. The van der Waals surface area contributed by atoms with Crippen molar-refractivity contribution >= 4 is 35.4 Å². The highest BCUT2D eigenvalue weighted by Crippen LogP contribution is 2.57. The third kappa shape index (κ3) is 3.43. The number of hydrogen-bond donors (Lipinski definition) is 2. The Morgan fingerprint density at radius 1 is 0.909 bits per heavy atom. The van der Waals surface area contributed by atoms with E-state index in [1.165, 1.54) is 33.5 Å². The third-order valence-electron chi connectivity index (χ3n) is 8.67. The summed E-state index contributed by atoms with van der Waals surface area (Å²) in [6.07, 6.45) is 8.64. The van der Waals surface area contributed by atoms with Gasteiger partial charge >= 0.3 is 0 Å². The first-order valence-corrected chi connectivity index (χ1v) is 15.5. The minimum atomic E-state index is -1.65. The number of allylic oxidation sites excluding steroid dienone is 4. The van der Waals surface area contributed by atoms with Crippen molar-refractivity contribution < 1.29 is 0 Å².